The normalized spacial score (nSPS) is 20.7. The monoisotopic (exact) mass is 374 g/mol. The molecule has 6 nitrogen and oxygen atoms in total. The number of aromatic amines is 1. The van der Waals surface area contributed by atoms with Gasteiger partial charge in [0.25, 0.3) is 0 Å². The van der Waals surface area contributed by atoms with E-state index in [1.807, 2.05) is 7.05 Å². The molecule has 1 saturated heterocycles. The first-order valence-corrected chi connectivity index (χ1v) is 9.24. The molecule has 0 spiro atoms. The van der Waals surface area contributed by atoms with E-state index in [1.165, 1.54) is 16.4 Å². The number of H-pyrrole nitrogens is 1. The van der Waals surface area contributed by atoms with Crippen molar-refractivity contribution in [2.75, 3.05) is 26.7 Å². The van der Waals surface area contributed by atoms with Crippen molar-refractivity contribution in [3.8, 4) is 0 Å². The molecule has 1 aromatic carbocycles. The number of imidazole rings is 1. The fourth-order valence-corrected chi connectivity index (χ4v) is 4.81. The number of aromatic nitrogens is 2. The lowest BCUT2D eigenvalue weighted by molar-refractivity contribution is 0.142. The van der Waals surface area contributed by atoms with Crippen molar-refractivity contribution in [1.82, 2.24) is 19.2 Å². The quantitative estimate of drug-likeness (QED) is 0.895. The molecule has 1 N–H and O–H groups in total. The highest BCUT2D eigenvalue weighted by Gasteiger charge is 2.35. The molecule has 3 rings (SSSR count). The van der Waals surface area contributed by atoms with E-state index >= 15 is 0 Å². The van der Waals surface area contributed by atoms with Gasteiger partial charge in [-0.25, -0.2) is 13.4 Å². The summed E-state index contributed by atoms with van der Waals surface area (Å²) >= 11 is 12.0. The van der Waals surface area contributed by atoms with Gasteiger partial charge < -0.3 is 4.98 Å². The van der Waals surface area contributed by atoms with Crippen LogP contribution in [0.1, 0.15) is 11.9 Å². The van der Waals surface area contributed by atoms with Crippen LogP contribution in [-0.2, 0) is 10.0 Å². The minimum Gasteiger partial charge on any atom is -0.347 e. The van der Waals surface area contributed by atoms with Crippen molar-refractivity contribution in [2.24, 2.45) is 0 Å². The Morgan fingerprint density at radius 3 is 2.78 bits per heavy atom. The molecular formula is C14H16Cl2N4O2S. The molecule has 124 valence electrons. The molecule has 0 unspecified atom stereocenters. The lowest BCUT2D eigenvalue weighted by Gasteiger charge is -2.37. The topological polar surface area (TPSA) is 69.3 Å². The minimum atomic E-state index is -3.71. The van der Waals surface area contributed by atoms with Crippen molar-refractivity contribution < 1.29 is 8.42 Å². The zero-order valence-corrected chi connectivity index (χ0v) is 14.7. The SMILES string of the molecule is CN1CCN(S(=O)(=O)c2cc(Cl)ccc2Cl)C[C@H]1c1ncc[nH]1. The van der Waals surface area contributed by atoms with Crippen LogP contribution in [0.2, 0.25) is 10.0 Å². The third kappa shape index (κ3) is 3.25. The predicted molar refractivity (Wildman–Crippen MR) is 89.2 cm³/mol. The van der Waals surface area contributed by atoms with Gasteiger partial charge in [-0.05, 0) is 25.2 Å². The fraction of sp³-hybridized carbons (Fsp3) is 0.357. The van der Waals surface area contributed by atoms with E-state index in [0.29, 0.717) is 24.7 Å². The minimum absolute atomic E-state index is 0.0365. The summed E-state index contributed by atoms with van der Waals surface area (Å²) in [6.07, 6.45) is 3.38. The number of benzene rings is 1. The molecule has 23 heavy (non-hydrogen) atoms. The van der Waals surface area contributed by atoms with Crippen molar-refractivity contribution >= 4 is 33.2 Å². The van der Waals surface area contributed by atoms with Gasteiger partial charge in [-0.2, -0.15) is 4.31 Å². The van der Waals surface area contributed by atoms with Gasteiger partial charge in [0.05, 0.1) is 11.1 Å². The highest BCUT2D eigenvalue weighted by molar-refractivity contribution is 7.89. The average molecular weight is 375 g/mol. The van der Waals surface area contributed by atoms with Gasteiger partial charge in [0.15, 0.2) is 0 Å². The highest BCUT2D eigenvalue weighted by atomic mass is 35.5. The first kappa shape index (κ1) is 16.7. The van der Waals surface area contributed by atoms with Crippen LogP contribution in [0.3, 0.4) is 0 Å². The zero-order valence-electron chi connectivity index (χ0n) is 12.4. The van der Waals surface area contributed by atoms with Gasteiger partial charge in [-0.15, -0.1) is 0 Å². The number of sulfonamides is 1. The molecule has 0 amide bonds. The van der Waals surface area contributed by atoms with Crippen LogP contribution in [0.5, 0.6) is 0 Å². The van der Waals surface area contributed by atoms with E-state index in [9.17, 15) is 8.42 Å². The van der Waals surface area contributed by atoms with Crippen molar-refractivity contribution in [1.29, 1.82) is 0 Å². The van der Waals surface area contributed by atoms with Gasteiger partial charge >= 0.3 is 0 Å². The summed E-state index contributed by atoms with van der Waals surface area (Å²) < 4.78 is 27.3. The van der Waals surface area contributed by atoms with E-state index in [-0.39, 0.29) is 16.0 Å². The molecule has 0 radical (unpaired) electrons. The van der Waals surface area contributed by atoms with Crippen LogP contribution < -0.4 is 0 Å². The highest BCUT2D eigenvalue weighted by Crippen LogP contribution is 2.31. The van der Waals surface area contributed by atoms with E-state index in [0.717, 1.165) is 5.82 Å². The molecule has 0 aliphatic carbocycles. The molecule has 1 atom stereocenters. The van der Waals surface area contributed by atoms with Gasteiger partial charge in [0.2, 0.25) is 10.0 Å². The van der Waals surface area contributed by atoms with E-state index in [2.05, 4.69) is 14.9 Å². The Bertz CT molecular complexity index is 795. The summed E-state index contributed by atoms with van der Waals surface area (Å²) in [6.45, 7) is 1.29. The second kappa shape index (κ2) is 6.41. The molecule has 2 heterocycles. The standard InChI is InChI=1S/C14H16Cl2N4O2S/c1-19-6-7-20(9-12(19)14-17-4-5-18-14)23(21,22)13-8-10(15)2-3-11(13)16/h2-5,8,12H,6-7,9H2,1H3,(H,17,18)/t12-/m0/s1. The number of halogens is 2. The van der Waals surface area contributed by atoms with Gasteiger partial charge in [0.1, 0.15) is 10.7 Å². The Hall–Kier alpha value is -1.12. The zero-order chi connectivity index (χ0) is 16.6. The predicted octanol–water partition coefficient (Wildman–Crippen LogP) is 2.39. The summed E-state index contributed by atoms with van der Waals surface area (Å²) in [7, 11) is -1.77. The third-order valence-electron chi connectivity index (χ3n) is 3.96. The number of hydrogen-bond donors (Lipinski definition) is 1. The molecule has 9 heteroatoms. The summed E-state index contributed by atoms with van der Waals surface area (Å²) in [5.74, 6) is 0.740. The molecule has 2 aromatic rings. The Balaban J connectivity index is 1.93. The van der Waals surface area contributed by atoms with Crippen LogP contribution in [-0.4, -0.2) is 54.3 Å². The smallest absolute Gasteiger partial charge is 0.244 e. The number of nitrogens with one attached hydrogen (secondary N) is 1. The van der Waals surface area contributed by atoms with Crippen LogP contribution in [0, 0.1) is 0 Å². The van der Waals surface area contributed by atoms with Gasteiger partial charge in [0, 0.05) is 37.1 Å². The van der Waals surface area contributed by atoms with E-state index in [4.69, 9.17) is 23.2 Å². The first-order valence-electron chi connectivity index (χ1n) is 7.04. The summed E-state index contributed by atoms with van der Waals surface area (Å²) in [4.78, 5) is 9.40. The molecule has 1 aliphatic rings. The van der Waals surface area contributed by atoms with E-state index in [1.54, 1.807) is 18.5 Å². The largest absolute Gasteiger partial charge is 0.347 e. The molecule has 0 saturated carbocycles. The third-order valence-corrected chi connectivity index (χ3v) is 6.54. The van der Waals surface area contributed by atoms with Crippen LogP contribution in [0.4, 0.5) is 0 Å². The Kier molecular flexibility index (Phi) is 4.66. The van der Waals surface area contributed by atoms with Crippen molar-refractivity contribution in [3.05, 3.63) is 46.5 Å². The van der Waals surface area contributed by atoms with Crippen molar-refractivity contribution in [2.45, 2.75) is 10.9 Å². The number of rotatable bonds is 3. The maximum atomic E-state index is 12.9. The Morgan fingerprint density at radius 1 is 1.30 bits per heavy atom. The maximum Gasteiger partial charge on any atom is 0.244 e. The maximum absolute atomic E-state index is 12.9. The number of likely N-dealkylation sites (N-methyl/N-ethyl adjacent to an activating group) is 1. The molecule has 1 aliphatic heterocycles. The molecule has 1 aromatic heterocycles. The van der Waals surface area contributed by atoms with Gasteiger partial charge in [-0.1, -0.05) is 23.2 Å². The summed E-state index contributed by atoms with van der Waals surface area (Å²) in [5, 5.41) is 0.507. The van der Waals surface area contributed by atoms with Crippen LogP contribution >= 0.6 is 23.2 Å². The Labute approximate surface area is 145 Å². The Morgan fingerprint density at radius 2 is 2.09 bits per heavy atom. The molecular weight excluding hydrogens is 359 g/mol. The first-order chi connectivity index (χ1) is 10.9. The second-order valence-electron chi connectivity index (χ2n) is 5.41. The summed E-state index contributed by atoms with van der Waals surface area (Å²) in [6, 6.07) is 4.32. The van der Waals surface area contributed by atoms with Crippen LogP contribution in [0.25, 0.3) is 0 Å². The van der Waals surface area contributed by atoms with Crippen molar-refractivity contribution in [3.63, 3.8) is 0 Å². The number of piperazine rings is 1. The lowest BCUT2D eigenvalue weighted by Crippen LogP contribution is -2.49. The molecule has 1 fully saturated rings. The molecule has 0 bridgehead atoms. The lowest BCUT2D eigenvalue weighted by atomic mass is 10.2. The van der Waals surface area contributed by atoms with E-state index < -0.39 is 10.0 Å². The fourth-order valence-electron chi connectivity index (χ4n) is 2.64. The summed E-state index contributed by atoms with van der Waals surface area (Å²) in [5.41, 5.74) is 0. The van der Waals surface area contributed by atoms with Crippen LogP contribution in [0.15, 0.2) is 35.5 Å². The van der Waals surface area contributed by atoms with Gasteiger partial charge in [-0.3, -0.25) is 4.90 Å². The average Bonchev–Trinajstić information content (AvgIpc) is 3.04. The number of nitrogens with zero attached hydrogens (tertiary/aromatic N) is 3. The second-order valence-corrected chi connectivity index (χ2v) is 8.16. The number of hydrogen-bond acceptors (Lipinski definition) is 4.